The molecular formula is C7H12N4O. The maximum atomic E-state index is 4.64. The summed E-state index contributed by atoms with van der Waals surface area (Å²) < 4.78 is 4.64. The van der Waals surface area contributed by atoms with Crippen molar-refractivity contribution < 1.29 is 4.63 Å². The molecule has 0 amide bonds. The lowest BCUT2D eigenvalue weighted by Gasteiger charge is -2.26. The molecule has 12 heavy (non-hydrogen) atoms. The Kier molecular flexibility index (Phi) is 1.95. The smallest absolute Gasteiger partial charge is 0.196 e. The lowest BCUT2D eigenvalue weighted by molar-refractivity contribution is 0.304. The van der Waals surface area contributed by atoms with Gasteiger partial charge in [0.1, 0.15) is 5.69 Å². The topological polar surface area (TPSA) is 54.2 Å². The van der Waals surface area contributed by atoms with Crippen molar-refractivity contribution in [2.75, 3.05) is 31.1 Å². The average molecular weight is 168 g/mol. The Balaban J connectivity index is 2.13. The van der Waals surface area contributed by atoms with Crippen molar-refractivity contribution in [2.24, 2.45) is 0 Å². The molecule has 0 aliphatic carbocycles. The van der Waals surface area contributed by atoms with Crippen molar-refractivity contribution in [1.29, 1.82) is 0 Å². The number of anilines is 1. The van der Waals surface area contributed by atoms with Gasteiger partial charge in [0.25, 0.3) is 0 Å². The van der Waals surface area contributed by atoms with Crippen LogP contribution in [-0.2, 0) is 0 Å². The van der Waals surface area contributed by atoms with Crippen molar-refractivity contribution in [1.82, 2.24) is 15.6 Å². The highest BCUT2D eigenvalue weighted by Crippen LogP contribution is 2.14. The molecule has 0 aromatic carbocycles. The molecule has 1 aromatic rings. The first-order valence-electron chi connectivity index (χ1n) is 4.13. The van der Waals surface area contributed by atoms with Gasteiger partial charge in [0.05, 0.1) is 0 Å². The van der Waals surface area contributed by atoms with Crippen molar-refractivity contribution in [2.45, 2.75) is 6.92 Å². The van der Waals surface area contributed by atoms with Crippen molar-refractivity contribution in [3.8, 4) is 0 Å². The van der Waals surface area contributed by atoms with Gasteiger partial charge in [-0.1, -0.05) is 5.16 Å². The van der Waals surface area contributed by atoms with Crippen LogP contribution in [0, 0.1) is 6.92 Å². The molecule has 0 radical (unpaired) electrons. The van der Waals surface area contributed by atoms with Crippen molar-refractivity contribution >= 4 is 5.82 Å². The summed E-state index contributed by atoms with van der Waals surface area (Å²) in [5, 5.41) is 10.9. The van der Waals surface area contributed by atoms with Crippen LogP contribution in [0.3, 0.4) is 0 Å². The standard InChI is InChI=1S/C7H12N4O/c1-6-7(10-12-9-6)11-4-2-8-3-5-11/h8H,2-5H2,1H3. The Morgan fingerprint density at radius 1 is 1.33 bits per heavy atom. The van der Waals surface area contributed by atoms with Gasteiger partial charge in [0.2, 0.25) is 0 Å². The molecule has 66 valence electrons. The van der Waals surface area contributed by atoms with Gasteiger partial charge in [-0.15, -0.1) is 0 Å². The lowest BCUT2D eigenvalue weighted by atomic mass is 10.3. The molecule has 2 heterocycles. The Morgan fingerprint density at radius 2 is 2.08 bits per heavy atom. The predicted molar refractivity (Wildman–Crippen MR) is 44.1 cm³/mol. The minimum absolute atomic E-state index is 0.872. The Bertz CT molecular complexity index is 254. The van der Waals surface area contributed by atoms with Crippen LogP contribution < -0.4 is 10.2 Å². The van der Waals surface area contributed by atoms with Gasteiger partial charge >= 0.3 is 0 Å². The minimum Gasteiger partial charge on any atom is -0.350 e. The number of aryl methyl sites for hydroxylation is 1. The molecule has 1 fully saturated rings. The van der Waals surface area contributed by atoms with Crippen LogP contribution >= 0.6 is 0 Å². The lowest BCUT2D eigenvalue weighted by Crippen LogP contribution is -2.43. The fourth-order valence-corrected chi connectivity index (χ4v) is 1.39. The first kappa shape index (κ1) is 7.54. The van der Waals surface area contributed by atoms with Crippen LogP contribution in [0.5, 0.6) is 0 Å². The molecule has 1 aliphatic rings. The van der Waals surface area contributed by atoms with Crippen LogP contribution in [0.4, 0.5) is 5.82 Å². The molecular weight excluding hydrogens is 156 g/mol. The van der Waals surface area contributed by atoms with Crippen LogP contribution in [0.1, 0.15) is 5.69 Å². The summed E-state index contributed by atoms with van der Waals surface area (Å²) in [5.41, 5.74) is 0.872. The van der Waals surface area contributed by atoms with E-state index in [4.69, 9.17) is 0 Å². The second-order valence-electron chi connectivity index (χ2n) is 2.91. The largest absolute Gasteiger partial charge is 0.350 e. The van der Waals surface area contributed by atoms with Gasteiger partial charge in [0.15, 0.2) is 5.82 Å². The molecule has 1 saturated heterocycles. The molecule has 1 N–H and O–H groups in total. The van der Waals surface area contributed by atoms with Gasteiger partial charge in [0, 0.05) is 26.2 Å². The van der Waals surface area contributed by atoms with Crippen LogP contribution in [0.25, 0.3) is 0 Å². The summed E-state index contributed by atoms with van der Waals surface area (Å²) in [5.74, 6) is 0.886. The van der Waals surface area contributed by atoms with E-state index in [0.29, 0.717) is 0 Å². The molecule has 0 atom stereocenters. The molecule has 0 saturated carbocycles. The highest BCUT2D eigenvalue weighted by Gasteiger charge is 2.16. The highest BCUT2D eigenvalue weighted by molar-refractivity contribution is 5.41. The summed E-state index contributed by atoms with van der Waals surface area (Å²) in [7, 11) is 0. The van der Waals surface area contributed by atoms with E-state index in [0.717, 1.165) is 37.7 Å². The first-order valence-corrected chi connectivity index (χ1v) is 4.13. The summed E-state index contributed by atoms with van der Waals surface area (Å²) in [6, 6.07) is 0. The fourth-order valence-electron chi connectivity index (χ4n) is 1.39. The molecule has 0 bridgehead atoms. The normalized spacial score (nSPS) is 18.2. The molecule has 1 aliphatic heterocycles. The number of hydrogen-bond acceptors (Lipinski definition) is 5. The van der Waals surface area contributed by atoms with Gasteiger partial charge in [-0.25, -0.2) is 4.63 Å². The summed E-state index contributed by atoms with van der Waals surface area (Å²) in [6.07, 6.45) is 0. The molecule has 1 aromatic heterocycles. The second-order valence-corrected chi connectivity index (χ2v) is 2.91. The Hall–Kier alpha value is -1.10. The van der Waals surface area contributed by atoms with Crippen molar-refractivity contribution in [3.05, 3.63) is 5.69 Å². The van der Waals surface area contributed by atoms with E-state index in [9.17, 15) is 0 Å². The maximum Gasteiger partial charge on any atom is 0.196 e. The SMILES string of the molecule is Cc1nonc1N1CCNCC1. The third kappa shape index (κ3) is 1.27. The van der Waals surface area contributed by atoms with E-state index >= 15 is 0 Å². The second kappa shape index (κ2) is 3.10. The van der Waals surface area contributed by atoms with Gasteiger partial charge in [-0.2, -0.15) is 0 Å². The molecule has 0 spiro atoms. The van der Waals surface area contributed by atoms with Gasteiger partial charge in [-0.05, 0) is 12.1 Å². The van der Waals surface area contributed by atoms with E-state index < -0.39 is 0 Å². The number of piperazine rings is 1. The van der Waals surface area contributed by atoms with E-state index in [-0.39, 0.29) is 0 Å². The number of rotatable bonds is 1. The highest BCUT2D eigenvalue weighted by atomic mass is 16.6. The van der Waals surface area contributed by atoms with E-state index in [1.807, 2.05) is 6.92 Å². The van der Waals surface area contributed by atoms with E-state index in [2.05, 4.69) is 25.2 Å². The third-order valence-electron chi connectivity index (χ3n) is 2.05. The quantitative estimate of drug-likeness (QED) is 0.628. The Labute approximate surface area is 70.7 Å². The molecule has 5 heteroatoms. The van der Waals surface area contributed by atoms with Gasteiger partial charge in [-0.3, -0.25) is 0 Å². The molecule has 5 nitrogen and oxygen atoms in total. The number of aromatic nitrogens is 2. The summed E-state index contributed by atoms with van der Waals surface area (Å²) in [4.78, 5) is 2.18. The van der Waals surface area contributed by atoms with Crippen LogP contribution in [0.15, 0.2) is 4.63 Å². The molecule has 2 rings (SSSR count). The Morgan fingerprint density at radius 3 is 2.67 bits per heavy atom. The number of nitrogens with one attached hydrogen (secondary N) is 1. The predicted octanol–water partition coefficient (Wildman–Crippen LogP) is -0.212. The average Bonchev–Trinajstić information content (AvgIpc) is 2.53. The third-order valence-corrected chi connectivity index (χ3v) is 2.05. The zero-order valence-electron chi connectivity index (χ0n) is 7.08. The minimum atomic E-state index is 0.872. The summed E-state index contributed by atoms with van der Waals surface area (Å²) >= 11 is 0. The monoisotopic (exact) mass is 168 g/mol. The van der Waals surface area contributed by atoms with Crippen LogP contribution in [-0.4, -0.2) is 36.5 Å². The van der Waals surface area contributed by atoms with E-state index in [1.54, 1.807) is 0 Å². The zero-order chi connectivity index (χ0) is 8.39. The van der Waals surface area contributed by atoms with Crippen molar-refractivity contribution in [3.63, 3.8) is 0 Å². The van der Waals surface area contributed by atoms with E-state index in [1.165, 1.54) is 0 Å². The first-order chi connectivity index (χ1) is 5.88. The van der Waals surface area contributed by atoms with Crippen LogP contribution in [0.2, 0.25) is 0 Å². The van der Waals surface area contributed by atoms with Gasteiger partial charge < -0.3 is 10.2 Å². The maximum absolute atomic E-state index is 4.64. The number of nitrogens with zero attached hydrogens (tertiary/aromatic N) is 3. The zero-order valence-corrected chi connectivity index (χ0v) is 7.08. The fraction of sp³-hybridized carbons (Fsp3) is 0.714. The number of hydrogen-bond donors (Lipinski definition) is 1. The summed E-state index contributed by atoms with van der Waals surface area (Å²) in [6.45, 7) is 5.89. The molecule has 0 unspecified atom stereocenters.